The minimum Gasteiger partial charge on any atom is -0.296 e. The average molecular weight is 336 g/mol. The van der Waals surface area contributed by atoms with Gasteiger partial charge in [-0.2, -0.15) is 5.10 Å². The Morgan fingerprint density at radius 1 is 1.15 bits per heavy atom. The van der Waals surface area contributed by atoms with E-state index in [4.69, 9.17) is 0 Å². The van der Waals surface area contributed by atoms with Crippen LogP contribution in [0.2, 0.25) is 0 Å². The van der Waals surface area contributed by atoms with Crippen LogP contribution < -0.4 is 0 Å². The summed E-state index contributed by atoms with van der Waals surface area (Å²) in [6.07, 6.45) is 0.961. The van der Waals surface area contributed by atoms with Gasteiger partial charge in [-0.25, -0.2) is 0 Å². The summed E-state index contributed by atoms with van der Waals surface area (Å²) in [5.41, 5.74) is 3.75. The van der Waals surface area contributed by atoms with E-state index >= 15 is 0 Å². The summed E-state index contributed by atoms with van der Waals surface area (Å²) in [6.45, 7) is 7.04. The highest BCUT2D eigenvalue weighted by Gasteiger charge is 2.15. The number of hydrogen-bond acceptors (Lipinski definition) is 2. The van der Waals surface area contributed by atoms with Gasteiger partial charge in [0.1, 0.15) is 0 Å². The molecule has 0 N–H and O–H groups in total. The second kappa shape index (κ2) is 7.04. The molecule has 2 aromatic rings. The van der Waals surface area contributed by atoms with Crippen molar-refractivity contribution in [1.29, 1.82) is 0 Å². The zero-order chi connectivity index (χ0) is 14.5. The van der Waals surface area contributed by atoms with Crippen molar-refractivity contribution in [3.63, 3.8) is 0 Å². The van der Waals surface area contributed by atoms with Crippen LogP contribution in [0, 0.1) is 0 Å². The van der Waals surface area contributed by atoms with E-state index in [2.05, 4.69) is 81.8 Å². The van der Waals surface area contributed by atoms with Gasteiger partial charge < -0.3 is 0 Å². The molecule has 0 saturated carbocycles. The topological polar surface area (TPSA) is 21.1 Å². The number of halogens is 1. The Balaban J connectivity index is 2.11. The SMILES string of the molecule is CCc1nn(CC)c(CN(C)Cc2ccccc2)c1Br. The largest absolute Gasteiger partial charge is 0.296 e. The molecule has 20 heavy (non-hydrogen) atoms. The summed E-state index contributed by atoms with van der Waals surface area (Å²) >= 11 is 3.71. The van der Waals surface area contributed by atoms with Gasteiger partial charge in [-0.1, -0.05) is 37.3 Å². The summed E-state index contributed by atoms with van der Waals surface area (Å²) in [7, 11) is 2.15. The summed E-state index contributed by atoms with van der Waals surface area (Å²) in [5, 5.41) is 4.65. The molecule has 0 spiro atoms. The number of rotatable bonds is 6. The maximum absolute atomic E-state index is 4.65. The van der Waals surface area contributed by atoms with Gasteiger partial charge in [-0.15, -0.1) is 0 Å². The van der Waals surface area contributed by atoms with Crippen molar-refractivity contribution in [3.8, 4) is 0 Å². The fraction of sp³-hybridized carbons (Fsp3) is 0.438. The zero-order valence-electron chi connectivity index (χ0n) is 12.4. The lowest BCUT2D eigenvalue weighted by atomic mass is 10.2. The second-order valence-electron chi connectivity index (χ2n) is 5.03. The third kappa shape index (κ3) is 3.49. The van der Waals surface area contributed by atoms with Crippen LogP contribution in [-0.2, 0) is 26.1 Å². The second-order valence-corrected chi connectivity index (χ2v) is 5.83. The van der Waals surface area contributed by atoms with E-state index in [0.717, 1.165) is 31.7 Å². The molecule has 0 aliphatic heterocycles. The maximum atomic E-state index is 4.65. The Morgan fingerprint density at radius 2 is 1.85 bits per heavy atom. The molecule has 0 atom stereocenters. The normalized spacial score (nSPS) is 11.2. The Labute approximate surface area is 129 Å². The van der Waals surface area contributed by atoms with Gasteiger partial charge >= 0.3 is 0 Å². The van der Waals surface area contributed by atoms with Crippen molar-refractivity contribution in [2.24, 2.45) is 0 Å². The summed E-state index contributed by atoms with van der Waals surface area (Å²) in [5.74, 6) is 0. The molecule has 0 amide bonds. The predicted molar refractivity (Wildman–Crippen MR) is 86.6 cm³/mol. The molecule has 0 aliphatic rings. The molecule has 1 aromatic heterocycles. The van der Waals surface area contributed by atoms with Gasteiger partial charge in [0.25, 0.3) is 0 Å². The molecule has 1 heterocycles. The van der Waals surface area contributed by atoms with Gasteiger partial charge in [0.15, 0.2) is 0 Å². The molecule has 1 aromatic carbocycles. The predicted octanol–water partition coefficient (Wildman–Crippen LogP) is 3.86. The van der Waals surface area contributed by atoms with E-state index < -0.39 is 0 Å². The van der Waals surface area contributed by atoms with E-state index in [1.165, 1.54) is 15.7 Å². The van der Waals surface area contributed by atoms with Gasteiger partial charge in [0, 0.05) is 19.6 Å². The van der Waals surface area contributed by atoms with E-state index in [-0.39, 0.29) is 0 Å². The third-order valence-electron chi connectivity index (χ3n) is 3.41. The first-order valence-electron chi connectivity index (χ1n) is 7.12. The molecule has 3 nitrogen and oxygen atoms in total. The monoisotopic (exact) mass is 335 g/mol. The quantitative estimate of drug-likeness (QED) is 0.799. The zero-order valence-corrected chi connectivity index (χ0v) is 14.0. The Hall–Kier alpha value is -1.13. The van der Waals surface area contributed by atoms with E-state index in [1.54, 1.807) is 0 Å². The minimum atomic E-state index is 0.899. The van der Waals surface area contributed by atoms with E-state index in [0.29, 0.717) is 0 Å². The molecule has 0 bridgehead atoms. The van der Waals surface area contributed by atoms with E-state index in [1.807, 2.05) is 0 Å². The molecular weight excluding hydrogens is 314 g/mol. The number of aromatic nitrogens is 2. The molecule has 0 fully saturated rings. The van der Waals surface area contributed by atoms with Crippen LogP contribution in [0.5, 0.6) is 0 Å². The summed E-state index contributed by atoms with van der Waals surface area (Å²) in [6, 6.07) is 10.6. The van der Waals surface area contributed by atoms with Crippen molar-refractivity contribution in [2.45, 2.75) is 39.9 Å². The number of nitrogens with zero attached hydrogens (tertiary/aromatic N) is 3. The van der Waals surface area contributed by atoms with Gasteiger partial charge in [-0.05, 0) is 41.9 Å². The average Bonchev–Trinajstić information content (AvgIpc) is 2.76. The first kappa shape index (κ1) is 15.3. The molecule has 0 aliphatic carbocycles. The fourth-order valence-corrected chi connectivity index (χ4v) is 3.06. The molecule has 0 radical (unpaired) electrons. The molecule has 0 saturated heterocycles. The van der Waals surface area contributed by atoms with Crippen LogP contribution in [0.1, 0.15) is 30.8 Å². The van der Waals surface area contributed by atoms with Crippen molar-refractivity contribution in [3.05, 3.63) is 51.8 Å². The lowest BCUT2D eigenvalue weighted by Gasteiger charge is -2.17. The van der Waals surface area contributed by atoms with Crippen molar-refractivity contribution >= 4 is 15.9 Å². The van der Waals surface area contributed by atoms with Gasteiger partial charge in [0.05, 0.1) is 15.9 Å². The Morgan fingerprint density at radius 3 is 2.45 bits per heavy atom. The Kier molecular flexibility index (Phi) is 5.38. The number of benzene rings is 1. The molecule has 4 heteroatoms. The smallest absolute Gasteiger partial charge is 0.0767 e. The van der Waals surface area contributed by atoms with Crippen LogP contribution in [-0.4, -0.2) is 21.7 Å². The molecule has 0 unspecified atom stereocenters. The number of hydrogen-bond donors (Lipinski definition) is 0. The van der Waals surface area contributed by atoms with Crippen molar-refractivity contribution in [2.75, 3.05) is 7.05 Å². The highest BCUT2D eigenvalue weighted by molar-refractivity contribution is 9.10. The molecule has 108 valence electrons. The highest BCUT2D eigenvalue weighted by atomic mass is 79.9. The van der Waals surface area contributed by atoms with Crippen LogP contribution in [0.4, 0.5) is 0 Å². The minimum absolute atomic E-state index is 0.899. The summed E-state index contributed by atoms with van der Waals surface area (Å²) in [4.78, 5) is 2.32. The van der Waals surface area contributed by atoms with Gasteiger partial charge in [0.2, 0.25) is 0 Å². The van der Waals surface area contributed by atoms with E-state index in [9.17, 15) is 0 Å². The third-order valence-corrected chi connectivity index (χ3v) is 4.32. The lowest BCUT2D eigenvalue weighted by Crippen LogP contribution is -2.20. The first-order valence-corrected chi connectivity index (χ1v) is 7.91. The van der Waals surface area contributed by atoms with Crippen LogP contribution >= 0.6 is 15.9 Å². The number of aryl methyl sites for hydroxylation is 2. The van der Waals surface area contributed by atoms with Gasteiger partial charge in [-0.3, -0.25) is 9.58 Å². The lowest BCUT2D eigenvalue weighted by molar-refractivity contribution is 0.307. The van der Waals surface area contributed by atoms with Crippen LogP contribution in [0.25, 0.3) is 0 Å². The maximum Gasteiger partial charge on any atom is 0.0767 e. The fourth-order valence-electron chi connectivity index (χ4n) is 2.38. The van der Waals surface area contributed by atoms with Crippen LogP contribution in [0.3, 0.4) is 0 Å². The highest BCUT2D eigenvalue weighted by Crippen LogP contribution is 2.23. The first-order chi connectivity index (χ1) is 9.65. The van der Waals surface area contributed by atoms with Crippen molar-refractivity contribution < 1.29 is 0 Å². The molecule has 2 rings (SSSR count). The molecular formula is C16H22BrN3. The summed E-state index contributed by atoms with van der Waals surface area (Å²) < 4.78 is 3.27. The Bertz CT molecular complexity index is 548. The standard InChI is InChI=1S/C16H22BrN3/c1-4-14-16(17)15(20(5-2)18-14)12-19(3)11-13-9-7-6-8-10-13/h6-10H,4-5,11-12H2,1-3H3. The van der Waals surface area contributed by atoms with Crippen LogP contribution in [0.15, 0.2) is 34.8 Å². The van der Waals surface area contributed by atoms with Crippen molar-refractivity contribution in [1.82, 2.24) is 14.7 Å².